The van der Waals surface area contributed by atoms with Crippen LogP contribution in [0.5, 0.6) is 17.2 Å². The standard InChI is InChI=1S/C22H26N2O5/c1-5-14-8-6-7-9-16(14)24-21(26)22(10-11-22)20(25)23-15-12-17(27-2)19(29-4)18(13-15)28-3/h6-9,12-13H,5,10-11H2,1-4H3,(H,23,25)(H,24,26). The monoisotopic (exact) mass is 398 g/mol. The molecule has 0 atom stereocenters. The minimum atomic E-state index is -1.07. The third-order valence-corrected chi connectivity index (χ3v) is 5.19. The van der Waals surface area contributed by atoms with E-state index in [1.807, 2.05) is 31.2 Å². The summed E-state index contributed by atoms with van der Waals surface area (Å²) in [5.41, 5.74) is 1.17. The lowest BCUT2D eigenvalue weighted by atomic mass is 10.0. The molecule has 0 radical (unpaired) electrons. The van der Waals surface area contributed by atoms with E-state index in [9.17, 15) is 9.59 Å². The average molecular weight is 398 g/mol. The Bertz CT molecular complexity index is 896. The first-order chi connectivity index (χ1) is 14.0. The Morgan fingerprint density at radius 2 is 1.52 bits per heavy atom. The van der Waals surface area contributed by atoms with E-state index >= 15 is 0 Å². The van der Waals surface area contributed by atoms with Crippen LogP contribution in [0.15, 0.2) is 36.4 Å². The van der Waals surface area contributed by atoms with Gasteiger partial charge in [-0.1, -0.05) is 25.1 Å². The van der Waals surface area contributed by atoms with Gasteiger partial charge in [-0.3, -0.25) is 9.59 Å². The van der Waals surface area contributed by atoms with Gasteiger partial charge in [0, 0.05) is 23.5 Å². The third kappa shape index (κ3) is 3.99. The maximum absolute atomic E-state index is 13.0. The average Bonchev–Trinajstić information content (AvgIpc) is 3.55. The summed E-state index contributed by atoms with van der Waals surface area (Å²) in [6, 6.07) is 10.9. The van der Waals surface area contributed by atoms with Gasteiger partial charge in [0.15, 0.2) is 11.5 Å². The van der Waals surface area contributed by atoms with Crippen molar-refractivity contribution in [3.05, 3.63) is 42.0 Å². The first-order valence-electron chi connectivity index (χ1n) is 9.50. The predicted octanol–water partition coefficient (Wildman–Crippen LogP) is 3.63. The van der Waals surface area contributed by atoms with Crippen LogP contribution in [0.1, 0.15) is 25.3 Å². The summed E-state index contributed by atoms with van der Waals surface area (Å²) < 4.78 is 15.9. The Balaban J connectivity index is 1.79. The topological polar surface area (TPSA) is 85.9 Å². The van der Waals surface area contributed by atoms with Crippen LogP contribution in [0.4, 0.5) is 11.4 Å². The molecule has 3 rings (SSSR count). The summed E-state index contributed by atoms with van der Waals surface area (Å²) in [4.78, 5) is 25.9. The molecule has 1 aliphatic rings. The maximum atomic E-state index is 13.0. The van der Waals surface area contributed by atoms with Gasteiger partial charge in [-0.15, -0.1) is 0 Å². The SMILES string of the molecule is CCc1ccccc1NC(=O)C1(C(=O)Nc2cc(OC)c(OC)c(OC)c2)CC1. The molecule has 0 saturated heterocycles. The van der Waals surface area contributed by atoms with Crippen molar-refractivity contribution in [1.82, 2.24) is 0 Å². The Morgan fingerprint density at radius 1 is 0.931 bits per heavy atom. The van der Waals surface area contributed by atoms with Gasteiger partial charge in [0.2, 0.25) is 17.6 Å². The zero-order valence-corrected chi connectivity index (χ0v) is 17.1. The number of amides is 2. The van der Waals surface area contributed by atoms with Gasteiger partial charge < -0.3 is 24.8 Å². The van der Waals surface area contributed by atoms with Crippen molar-refractivity contribution in [2.75, 3.05) is 32.0 Å². The first kappa shape index (κ1) is 20.5. The minimum absolute atomic E-state index is 0.289. The molecule has 0 heterocycles. The largest absolute Gasteiger partial charge is 0.493 e. The van der Waals surface area contributed by atoms with Crippen LogP contribution in [0.2, 0.25) is 0 Å². The normalized spacial score (nSPS) is 13.9. The van der Waals surface area contributed by atoms with Gasteiger partial charge >= 0.3 is 0 Å². The van der Waals surface area contributed by atoms with E-state index in [0.29, 0.717) is 35.8 Å². The molecule has 2 N–H and O–H groups in total. The number of para-hydroxylation sites is 1. The highest BCUT2D eigenvalue weighted by Crippen LogP contribution is 2.48. The van der Waals surface area contributed by atoms with E-state index in [1.54, 1.807) is 12.1 Å². The number of carbonyl (C=O) groups excluding carboxylic acids is 2. The van der Waals surface area contributed by atoms with Crippen LogP contribution in [-0.4, -0.2) is 33.1 Å². The van der Waals surface area contributed by atoms with E-state index in [-0.39, 0.29) is 11.8 Å². The molecule has 1 fully saturated rings. The molecule has 0 bridgehead atoms. The minimum Gasteiger partial charge on any atom is -0.493 e. The molecule has 2 aromatic rings. The molecule has 7 nitrogen and oxygen atoms in total. The molecule has 29 heavy (non-hydrogen) atoms. The first-order valence-corrected chi connectivity index (χ1v) is 9.50. The molecule has 0 unspecified atom stereocenters. The number of ether oxygens (including phenoxy) is 3. The molecule has 154 valence electrons. The fraction of sp³-hybridized carbons (Fsp3) is 0.364. The zero-order chi connectivity index (χ0) is 21.0. The van der Waals surface area contributed by atoms with Crippen LogP contribution in [-0.2, 0) is 16.0 Å². The van der Waals surface area contributed by atoms with Crippen molar-refractivity contribution in [3.8, 4) is 17.2 Å². The number of methoxy groups -OCH3 is 3. The lowest BCUT2D eigenvalue weighted by Gasteiger charge is -2.18. The molecule has 2 aromatic carbocycles. The zero-order valence-electron chi connectivity index (χ0n) is 17.1. The molecule has 7 heteroatoms. The Hall–Kier alpha value is -3.22. The van der Waals surface area contributed by atoms with E-state index in [2.05, 4.69) is 10.6 Å². The number of nitrogens with one attached hydrogen (secondary N) is 2. The smallest absolute Gasteiger partial charge is 0.240 e. The molecule has 0 aliphatic heterocycles. The number of hydrogen-bond donors (Lipinski definition) is 2. The van der Waals surface area contributed by atoms with E-state index in [1.165, 1.54) is 21.3 Å². The van der Waals surface area contributed by atoms with Crippen LogP contribution in [0.3, 0.4) is 0 Å². The Labute approximate surface area is 170 Å². The summed E-state index contributed by atoms with van der Waals surface area (Å²) in [5, 5.41) is 5.75. The number of rotatable bonds is 8. The molecule has 2 amide bonds. The summed E-state index contributed by atoms with van der Waals surface area (Å²) >= 11 is 0. The highest BCUT2D eigenvalue weighted by Gasteiger charge is 2.56. The number of benzene rings is 2. The molecule has 0 aromatic heterocycles. The quantitative estimate of drug-likeness (QED) is 0.663. The van der Waals surface area contributed by atoms with Crippen molar-refractivity contribution >= 4 is 23.2 Å². The highest BCUT2D eigenvalue weighted by molar-refractivity contribution is 6.17. The molecule has 0 spiro atoms. The van der Waals surface area contributed by atoms with Crippen LogP contribution in [0, 0.1) is 5.41 Å². The van der Waals surface area contributed by atoms with Gasteiger partial charge in [0.1, 0.15) is 5.41 Å². The lowest BCUT2D eigenvalue weighted by Crippen LogP contribution is -2.35. The summed E-state index contributed by atoms with van der Waals surface area (Å²) in [5.74, 6) is 0.645. The summed E-state index contributed by atoms with van der Waals surface area (Å²) in [6.45, 7) is 2.02. The van der Waals surface area contributed by atoms with Crippen molar-refractivity contribution < 1.29 is 23.8 Å². The van der Waals surface area contributed by atoms with Crippen molar-refractivity contribution in [2.45, 2.75) is 26.2 Å². The second-order valence-electron chi connectivity index (χ2n) is 6.92. The summed E-state index contributed by atoms with van der Waals surface area (Å²) in [7, 11) is 4.52. The van der Waals surface area contributed by atoms with Gasteiger partial charge in [-0.05, 0) is 30.9 Å². The van der Waals surface area contributed by atoms with E-state index in [4.69, 9.17) is 14.2 Å². The number of hydrogen-bond acceptors (Lipinski definition) is 5. The Kier molecular flexibility index (Phi) is 5.96. The van der Waals surface area contributed by atoms with Gasteiger partial charge in [-0.25, -0.2) is 0 Å². The maximum Gasteiger partial charge on any atom is 0.240 e. The van der Waals surface area contributed by atoms with Gasteiger partial charge in [0.05, 0.1) is 21.3 Å². The van der Waals surface area contributed by atoms with Crippen molar-refractivity contribution in [3.63, 3.8) is 0 Å². The van der Waals surface area contributed by atoms with Crippen LogP contribution in [0.25, 0.3) is 0 Å². The fourth-order valence-electron chi connectivity index (χ4n) is 3.28. The molecular weight excluding hydrogens is 372 g/mol. The number of aryl methyl sites for hydroxylation is 1. The highest BCUT2D eigenvalue weighted by atomic mass is 16.5. The summed E-state index contributed by atoms with van der Waals surface area (Å²) in [6.07, 6.45) is 1.80. The van der Waals surface area contributed by atoms with Crippen molar-refractivity contribution in [2.24, 2.45) is 5.41 Å². The van der Waals surface area contributed by atoms with Crippen molar-refractivity contribution in [1.29, 1.82) is 0 Å². The van der Waals surface area contributed by atoms with E-state index < -0.39 is 5.41 Å². The second kappa shape index (κ2) is 8.43. The third-order valence-electron chi connectivity index (χ3n) is 5.19. The fourth-order valence-corrected chi connectivity index (χ4v) is 3.28. The van der Waals surface area contributed by atoms with Gasteiger partial charge in [-0.2, -0.15) is 0 Å². The van der Waals surface area contributed by atoms with Crippen LogP contribution < -0.4 is 24.8 Å². The predicted molar refractivity (Wildman–Crippen MR) is 111 cm³/mol. The van der Waals surface area contributed by atoms with Gasteiger partial charge in [0.25, 0.3) is 0 Å². The number of carbonyl (C=O) groups is 2. The molecular formula is C22H26N2O5. The lowest BCUT2D eigenvalue weighted by molar-refractivity contribution is -0.131. The van der Waals surface area contributed by atoms with Crippen LogP contribution >= 0.6 is 0 Å². The second-order valence-corrected chi connectivity index (χ2v) is 6.92. The number of anilines is 2. The van der Waals surface area contributed by atoms with E-state index in [0.717, 1.165) is 17.7 Å². The molecule has 1 saturated carbocycles. The molecule has 1 aliphatic carbocycles. The Morgan fingerprint density at radius 3 is 2.03 bits per heavy atom.